The van der Waals surface area contributed by atoms with Gasteiger partial charge in [0.25, 0.3) is 0 Å². The lowest BCUT2D eigenvalue weighted by Crippen LogP contribution is -2.24. The van der Waals surface area contributed by atoms with Gasteiger partial charge >= 0.3 is 0 Å². The molecule has 5 nitrogen and oxygen atoms in total. The third-order valence-electron chi connectivity index (χ3n) is 2.59. The Morgan fingerprint density at radius 3 is 2.60 bits per heavy atom. The van der Waals surface area contributed by atoms with E-state index in [4.69, 9.17) is 4.42 Å². The number of nitrogens with one attached hydrogen (secondary N) is 2. The SMILES string of the molecule is CCNS(=O)(=O)c1ccccc1NCc1ccc(Br)o1. The zero-order valence-corrected chi connectivity index (χ0v) is 13.3. The highest BCUT2D eigenvalue weighted by atomic mass is 79.9. The molecule has 2 aromatic rings. The topological polar surface area (TPSA) is 71.3 Å². The summed E-state index contributed by atoms with van der Waals surface area (Å²) in [4.78, 5) is 0.229. The van der Waals surface area contributed by atoms with Gasteiger partial charge < -0.3 is 9.73 Å². The van der Waals surface area contributed by atoms with Gasteiger partial charge in [0, 0.05) is 6.54 Å². The quantitative estimate of drug-likeness (QED) is 0.832. The van der Waals surface area contributed by atoms with Gasteiger partial charge in [-0.3, -0.25) is 0 Å². The van der Waals surface area contributed by atoms with E-state index in [1.807, 2.05) is 6.07 Å². The van der Waals surface area contributed by atoms with E-state index >= 15 is 0 Å². The van der Waals surface area contributed by atoms with Crippen molar-refractivity contribution in [3.05, 3.63) is 46.8 Å². The Morgan fingerprint density at radius 1 is 1.20 bits per heavy atom. The summed E-state index contributed by atoms with van der Waals surface area (Å²) in [5, 5.41) is 3.07. The zero-order valence-electron chi connectivity index (χ0n) is 10.9. The fraction of sp³-hybridized carbons (Fsp3) is 0.231. The van der Waals surface area contributed by atoms with Crippen LogP contribution in [0.1, 0.15) is 12.7 Å². The standard InChI is InChI=1S/C13H15BrN2O3S/c1-2-16-20(17,18)12-6-4-3-5-11(12)15-9-10-7-8-13(14)19-10/h3-8,15-16H,2,9H2,1H3. The fourth-order valence-electron chi connectivity index (χ4n) is 1.74. The van der Waals surface area contributed by atoms with Crippen molar-refractivity contribution in [2.24, 2.45) is 0 Å². The maximum absolute atomic E-state index is 12.1. The van der Waals surface area contributed by atoms with Crippen LogP contribution in [0, 0.1) is 0 Å². The maximum atomic E-state index is 12.1. The molecule has 0 aliphatic heterocycles. The van der Waals surface area contributed by atoms with Gasteiger partial charge in [0.1, 0.15) is 10.7 Å². The number of benzene rings is 1. The molecule has 2 rings (SSSR count). The smallest absolute Gasteiger partial charge is 0.242 e. The van der Waals surface area contributed by atoms with E-state index in [1.165, 1.54) is 0 Å². The Kier molecular flexibility index (Phi) is 4.85. The molecule has 0 aliphatic rings. The lowest BCUT2D eigenvalue weighted by atomic mass is 10.3. The predicted molar refractivity (Wildman–Crippen MR) is 81.0 cm³/mol. The molecule has 1 aromatic carbocycles. The molecule has 0 saturated heterocycles. The number of anilines is 1. The van der Waals surface area contributed by atoms with E-state index in [1.54, 1.807) is 37.3 Å². The minimum Gasteiger partial charge on any atom is -0.452 e. The number of hydrogen-bond acceptors (Lipinski definition) is 4. The molecule has 0 unspecified atom stereocenters. The third-order valence-corrected chi connectivity index (χ3v) is 4.62. The predicted octanol–water partition coefficient (Wildman–Crippen LogP) is 2.95. The van der Waals surface area contributed by atoms with Crippen LogP contribution >= 0.6 is 15.9 Å². The van der Waals surface area contributed by atoms with Crippen molar-refractivity contribution in [3.8, 4) is 0 Å². The van der Waals surface area contributed by atoms with Gasteiger partial charge in [-0.2, -0.15) is 0 Å². The molecular formula is C13H15BrN2O3S. The van der Waals surface area contributed by atoms with Crippen molar-refractivity contribution in [1.82, 2.24) is 4.72 Å². The second-order valence-corrected chi connectivity index (χ2v) is 6.57. The molecule has 108 valence electrons. The van der Waals surface area contributed by atoms with Crippen molar-refractivity contribution in [2.75, 3.05) is 11.9 Å². The molecule has 0 atom stereocenters. The molecule has 0 fully saturated rings. The van der Waals surface area contributed by atoms with Gasteiger partial charge in [-0.25, -0.2) is 13.1 Å². The summed E-state index contributed by atoms with van der Waals surface area (Å²) in [6, 6.07) is 10.4. The Hall–Kier alpha value is -1.31. The summed E-state index contributed by atoms with van der Waals surface area (Å²) >= 11 is 3.22. The Bertz CT molecular complexity index is 682. The highest BCUT2D eigenvalue weighted by molar-refractivity contribution is 9.10. The van der Waals surface area contributed by atoms with Crippen LogP contribution in [0.4, 0.5) is 5.69 Å². The van der Waals surface area contributed by atoms with Gasteiger partial charge in [-0.1, -0.05) is 19.1 Å². The summed E-state index contributed by atoms with van der Waals surface area (Å²) < 4.78 is 32.7. The van der Waals surface area contributed by atoms with Crippen molar-refractivity contribution in [3.63, 3.8) is 0 Å². The summed E-state index contributed by atoms with van der Waals surface area (Å²) in [7, 11) is -3.49. The number of furan rings is 1. The van der Waals surface area contributed by atoms with Crippen LogP contribution < -0.4 is 10.0 Å². The largest absolute Gasteiger partial charge is 0.452 e. The minimum absolute atomic E-state index is 0.229. The highest BCUT2D eigenvalue weighted by Gasteiger charge is 2.16. The molecule has 20 heavy (non-hydrogen) atoms. The van der Waals surface area contributed by atoms with E-state index in [-0.39, 0.29) is 4.90 Å². The lowest BCUT2D eigenvalue weighted by molar-refractivity contribution is 0.495. The number of para-hydroxylation sites is 1. The summed E-state index contributed by atoms with van der Waals surface area (Å²) in [6.45, 7) is 2.50. The van der Waals surface area contributed by atoms with E-state index < -0.39 is 10.0 Å². The third kappa shape index (κ3) is 3.62. The fourth-order valence-corrected chi connectivity index (χ4v) is 3.31. The zero-order chi connectivity index (χ0) is 14.6. The Labute approximate surface area is 126 Å². The van der Waals surface area contributed by atoms with Crippen LogP contribution in [0.25, 0.3) is 0 Å². The molecular weight excluding hydrogens is 344 g/mol. The molecule has 7 heteroatoms. The van der Waals surface area contributed by atoms with Gasteiger partial charge in [0.2, 0.25) is 10.0 Å². The number of hydrogen-bond donors (Lipinski definition) is 2. The van der Waals surface area contributed by atoms with Crippen molar-refractivity contribution >= 4 is 31.6 Å². The van der Waals surface area contributed by atoms with E-state index in [2.05, 4.69) is 26.0 Å². The number of halogens is 1. The van der Waals surface area contributed by atoms with Crippen LogP contribution in [0.2, 0.25) is 0 Å². The van der Waals surface area contributed by atoms with Crippen LogP contribution in [0.15, 0.2) is 50.4 Å². The van der Waals surface area contributed by atoms with Crippen molar-refractivity contribution < 1.29 is 12.8 Å². The average molecular weight is 359 g/mol. The first-order chi connectivity index (χ1) is 9.53. The summed E-state index contributed by atoms with van der Waals surface area (Å²) in [5.74, 6) is 0.715. The first kappa shape index (κ1) is 15.1. The molecule has 1 aromatic heterocycles. The Balaban J connectivity index is 2.20. The molecule has 0 bridgehead atoms. The van der Waals surface area contributed by atoms with Gasteiger partial charge in [-0.05, 0) is 40.2 Å². The first-order valence-corrected chi connectivity index (χ1v) is 8.37. The molecule has 0 amide bonds. The Morgan fingerprint density at radius 2 is 1.95 bits per heavy atom. The van der Waals surface area contributed by atoms with Crippen molar-refractivity contribution in [2.45, 2.75) is 18.4 Å². The molecule has 0 radical (unpaired) electrons. The molecule has 1 heterocycles. The van der Waals surface area contributed by atoms with E-state index in [0.717, 1.165) is 0 Å². The van der Waals surface area contributed by atoms with Crippen molar-refractivity contribution in [1.29, 1.82) is 0 Å². The first-order valence-electron chi connectivity index (χ1n) is 6.09. The molecule has 0 aliphatic carbocycles. The lowest BCUT2D eigenvalue weighted by Gasteiger charge is -2.11. The monoisotopic (exact) mass is 358 g/mol. The molecule has 2 N–H and O–H groups in total. The second kappa shape index (κ2) is 6.43. The summed E-state index contributed by atoms with van der Waals surface area (Å²) in [5.41, 5.74) is 0.543. The van der Waals surface area contributed by atoms with E-state index in [0.29, 0.717) is 29.2 Å². The second-order valence-electron chi connectivity index (χ2n) is 4.06. The molecule has 0 spiro atoms. The van der Waals surface area contributed by atoms with Gasteiger partial charge in [0.15, 0.2) is 4.67 Å². The van der Waals surface area contributed by atoms with Crippen LogP contribution in [0.5, 0.6) is 0 Å². The average Bonchev–Trinajstić information content (AvgIpc) is 2.82. The van der Waals surface area contributed by atoms with Gasteiger partial charge in [0.05, 0.1) is 12.2 Å². The van der Waals surface area contributed by atoms with Gasteiger partial charge in [-0.15, -0.1) is 0 Å². The number of rotatable bonds is 6. The maximum Gasteiger partial charge on any atom is 0.242 e. The minimum atomic E-state index is -3.49. The normalized spacial score (nSPS) is 11.5. The van der Waals surface area contributed by atoms with E-state index in [9.17, 15) is 8.42 Å². The molecule has 0 saturated carbocycles. The summed E-state index contributed by atoms with van der Waals surface area (Å²) in [6.07, 6.45) is 0. The van der Waals surface area contributed by atoms with Crippen LogP contribution in [-0.4, -0.2) is 15.0 Å². The number of sulfonamides is 1. The van der Waals surface area contributed by atoms with Crippen LogP contribution in [-0.2, 0) is 16.6 Å². The highest BCUT2D eigenvalue weighted by Crippen LogP contribution is 2.22. The van der Waals surface area contributed by atoms with Crippen LogP contribution in [0.3, 0.4) is 0 Å².